The third kappa shape index (κ3) is 3.54. The van der Waals surface area contributed by atoms with E-state index in [0.29, 0.717) is 16.5 Å². The maximum absolute atomic E-state index is 12.8. The van der Waals surface area contributed by atoms with E-state index in [9.17, 15) is 9.59 Å². The first kappa shape index (κ1) is 18.2. The summed E-state index contributed by atoms with van der Waals surface area (Å²) >= 11 is 0. The van der Waals surface area contributed by atoms with E-state index < -0.39 is 5.91 Å². The van der Waals surface area contributed by atoms with Gasteiger partial charge in [-0.15, -0.1) is 12.4 Å². The third-order valence-corrected chi connectivity index (χ3v) is 3.67. The Morgan fingerprint density at radius 1 is 1.04 bits per heavy atom. The highest BCUT2D eigenvalue weighted by Gasteiger charge is 2.15. The molecule has 0 unspecified atom stereocenters. The number of carbonyl (C=O) groups is 1. The van der Waals surface area contributed by atoms with E-state index in [0.717, 1.165) is 5.56 Å². The summed E-state index contributed by atoms with van der Waals surface area (Å²) < 4.78 is 1.44. The number of amides is 1. The molecule has 0 saturated carbocycles. The molecule has 1 amide bonds. The number of rotatable bonds is 2. The van der Waals surface area contributed by atoms with Crippen molar-refractivity contribution in [2.45, 2.75) is 6.92 Å². The largest absolute Gasteiger partial charge is 0.370 e. The quantitative estimate of drug-likeness (QED) is 0.542. The number of aromatic nitrogens is 1. The lowest BCUT2D eigenvalue weighted by Gasteiger charge is -2.11. The predicted octanol–water partition coefficient (Wildman–Crippen LogP) is 2.13. The molecule has 0 saturated heterocycles. The van der Waals surface area contributed by atoms with Gasteiger partial charge < -0.3 is 11.5 Å². The number of hydrogen-bond donors (Lipinski definition) is 2. The molecule has 25 heavy (non-hydrogen) atoms. The number of halogens is 1. The molecule has 3 aromatic rings. The van der Waals surface area contributed by atoms with Crippen molar-refractivity contribution in [3.8, 4) is 5.69 Å². The number of benzene rings is 2. The monoisotopic (exact) mass is 356 g/mol. The van der Waals surface area contributed by atoms with E-state index in [-0.39, 0.29) is 29.5 Å². The van der Waals surface area contributed by atoms with Crippen LogP contribution in [0.1, 0.15) is 15.9 Å². The maximum Gasteiger partial charge on any atom is 0.282 e. The second-order valence-electron chi connectivity index (χ2n) is 5.44. The van der Waals surface area contributed by atoms with Crippen LogP contribution in [0.15, 0.2) is 64.5 Å². The summed E-state index contributed by atoms with van der Waals surface area (Å²) in [5.41, 5.74) is 12.4. The van der Waals surface area contributed by atoms with Crippen LogP contribution in [-0.4, -0.2) is 16.4 Å². The Hall–Kier alpha value is -3.12. The van der Waals surface area contributed by atoms with Crippen LogP contribution < -0.4 is 17.0 Å². The van der Waals surface area contributed by atoms with Crippen molar-refractivity contribution in [2.24, 2.45) is 16.5 Å². The zero-order valence-corrected chi connectivity index (χ0v) is 14.3. The Morgan fingerprint density at radius 3 is 2.36 bits per heavy atom. The van der Waals surface area contributed by atoms with E-state index in [1.54, 1.807) is 30.3 Å². The van der Waals surface area contributed by atoms with Crippen molar-refractivity contribution in [1.82, 2.24) is 4.57 Å². The van der Waals surface area contributed by atoms with Gasteiger partial charge in [-0.2, -0.15) is 4.99 Å². The van der Waals surface area contributed by atoms with Crippen LogP contribution in [-0.2, 0) is 0 Å². The first-order valence-corrected chi connectivity index (χ1v) is 7.33. The molecule has 0 atom stereocenters. The van der Waals surface area contributed by atoms with Gasteiger partial charge in [0.1, 0.15) is 0 Å². The Labute approximate surface area is 150 Å². The normalized spacial score (nSPS) is 10.1. The fourth-order valence-corrected chi connectivity index (χ4v) is 2.61. The molecular formula is C18H17ClN4O2. The average Bonchev–Trinajstić information content (AvgIpc) is 2.54. The van der Waals surface area contributed by atoms with E-state index in [1.807, 2.05) is 25.1 Å². The van der Waals surface area contributed by atoms with Crippen LogP contribution in [0.25, 0.3) is 16.5 Å². The minimum absolute atomic E-state index is 0. The summed E-state index contributed by atoms with van der Waals surface area (Å²) in [4.78, 5) is 28.8. The summed E-state index contributed by atoms with van der Waals surface area (Å²) in [6.45, 7) is 1.93. The Bertz CT molecular complexity index is 1040. The van der Waals surface area contributed by atoms with Crippen LogP contribution in [0.5, 0.6) is 0 Å². The van der Waals surface area contributed by atoms with Gasteiger partial charge in [0.05, 0.1) is 5.56 Å². The third-order valence-electron chi connectivity index (χ3n) is 3.67. The van der Waals surface area contributed by atoms with Gasteiger partial charge in [-0.05, 0) is 30.7 Å². The molecule has 4 N–H and O–H groups in total. The number of nitrogens with zero attached hydrogens (tertiary/aromatic N) is 2. The number of hydrogen-bond acceptors (Lipinski definition) is 2. The molecule has 2 aromatic carbocycles. The summed E-state index contributed by atoms with van der Waals surface area (Å²) in [7, 11) is 0. The molecule has 6 nitrogen and oxygen atoms in total. The number of fused-ring (bicyclic) bond motifs is 1. The summed E-state index contributed by atoms with van der Waals surface area (Å²) in [6, 6.07) is 14.3. The highest BCUT2D eigenvalue weighted by Crippen LogP contribution is 2.19. The molecule has 7 heteroatoms. The highest BCUT2D eigenvalue weighted by molar-refractivity contribution is 6.10. The maximum atomic E-state index is 12.8. The van der Waals surface area contributed by atoms with E-state index in [2.05, 4.69) is 4.99 Å². The van der Waals surface area contributed by atoms with Crippen molar-refractivity contribution in [1.29, 1.82) is 0 Å². The number of guanidine groups is 1. The topological polar surface area (TPSA) is 103 Å². The lowest BCUT2D eigenvalue weighted by Crippen LogP contribution is -2.25. The van der Waals surface area contributed by atoms with E-state index in [1.165, 1.54) is 10.8 Å². The van der Waals surface area contributed by atoms with Gasteiger partial charge in [0, 0.05) is 22.7 Å². The molecule has 0 radical (unpaired) electrons. The summed E-state index contributed by atoms with van der Waals surface area (Å²) in [6.07, 6.45) is 1.48. The van der Waals surface area contributed by atoms with Crippen LogP contribution in [0, 0.1) is 6.92 Å². The SMILES string of the molecule is Cc1cccc(-n2cc(C(=O)N=C(N)N)c3ccccc3c2=O)c1.Cl. The molecule has 0 spiro atoms. The van der Waals surface area contributed by atoms with Crippen LogP contribution >= 0.6 is 12.4 Å². The van der Waals surface area contributed by atoms with Gasteiger partial charge in [0.15, 0.2) is 5.96 Å². The van der Waals surface area contributed by atoms with Crippen LogP contribution in [0.2, 0.25) is 0 Å². The molecule has 0 aliphatic heterocycles. The molecule has 0 fully saturated rings. The van der Waals surface area contributed by atoms with Gasteiger partial charge in [0.2, 0.25) is 0 Å². The number of pyridine rings is 1. The summed E-state index contributed by atoms with van der Waals surface area (Å²) in [5.74, 6) is -0.912. The van der Waals surface area contributed by atoms with Crippen molar-refractivity contribution in [2.75, 3.05) is 0 Å². The van der Waals surface area contributed by atoms with Gasteiger partial charge >= 0.3 is 0 Å². The molecule has 128 valence electrons. The number of aliphatic imine (C=N–C) groups is 1. The highest BCUT2D eigenvalue weighted by atomic mass is 35.5. The van der Waals surface area contributed by atoms with E-state index >= 15 is 0 Å². The Kier molecular flexibility index (Phi) is 5.24. The molecule has 0 bridgehead atoms. The molecule has 3 rings (SSSR count). The number of carbonyl (C=O) groups excluding carboxylic acids is 1. The van der Waals surface area contributed by atoms with Crippen LogP contribution in [0.3, 0.4) is 0 Å². The van der Waals surface area contributed by atoms with Crippen molar-refractivity contribution in [3.63, 3.8) is 0 Å². The molecular weight excluding hydrogens is 340 g/mol. The molecule has 1 heterocycles. The minimum atomic E-state index is -0.590. The first-order chi connectivity index (χ1) is 11.5. The van der Waals surface area contributed by atoms with Crippen molar-refractivity contribution < 1.29 is 4.79 Å². The smallest absolute Gasteiger partial charge is 0.282 e. The lowest BCUT2D eigenvalue weighted by atomic mass is 10.1. The van der Waals surface area contributed by atoms with Gasteiger partial charge in [-0.1, -0.05) is 30.3 Å². The second-order valence-corrected chi connectivity index (χ2v) is 5.44. The predicted molar refractivity (Wildman–Crippen MR) is 102 cm³/mol. The fourth-order valence-electron chi connectivity index (χ4n) is 2.61. The first-order valence-electron chi connectivity index (χ1n) is 7.33. The van der Waals surface area contributed by atoms with Gasteiger partial charge in [-0.3, -0.25) is 14.2 Å². The second kappa shape index (κ2) is 7.19. The lowest BCUT2D eigenvalue weighted by molar-refractivity contribution is 0.100. The van der Waals surface area contributed by atoms with Crippen molar-refractivity contribution in [3.05, 3.63) is 76.2 Å². The fraction of sp³-hybridized carbons (Fsp3) is 0.0556. The zero-order valence-electron chi connectivity index (χ0n) is 13.5. The van der Waals surface area contributed by atoms with E-state index in [4.69, 9.17) is 11.5 Å². The Balaban J connectivity index is 0.00000225. The molecule has 0 aliphatic rings. The average molecular weight is 357 g/mol. The Morgan fingerprint density at radius 2 is 1.72 bits per heavy atom. The molecule has 0 aliphatic carbocycles. The van der Waals surface area contributed by atoms with Crippen molar-refractivity contribution >= 4 is 35.0 Å². The van der Waals surface area contributed by atoms with Gasteiger partial charge in [0.25, 0.3) is 11.5 Å². The summed E-state index contributed by atoms with van der Waals surface area (Å²) in [5, 5.41) is 0.942. The number of aryl methyl sites for hydroxylation is 1. The molecule has 1 aromatic heterocycles. The van der Waals surface area contributed by atoms with Gasteiger partial charge in [-0.25, -0.2) is 0 Å². The standard InChI is InChI=1S/C18H16N4O2.ClH/c1-11-5-4-6-12(9-11)22-10-15(16(23)21-18(19)20)13-7-2-3-8-14(13)17(22)24;/h2-10H,1H3,(H4,19,20,21,23);1H. The zero-order chi connectivity index (χ0) is 17.3. The minimum Gasteiger partial charge on any atom is -0.370 e. The number of nitrogens with two attached hydrogens (primary N) is 2. The van der Waals surface area contributed by atoms with Crippen LogP contribution in [0.4, 0.5) is 0 Å².